The number of ether oxygens (including phenoxy) is 2. The largest absolute Gasteiger partial charge is 0.484 e. The van der Waals surface area contributed by atoms with Gasteiger partial charge in [0.2, 0.25) is 0 Å². The predicted octanol–water partition coefficient (Wildman–Crippen LogP) is 2.82. The number of carbonyl (C=O) groups is 1. The number of nitrogen functional groups attached to an aromatic ring is 1. The molecule has 10 heteroatoms. The van der Waals surface area contributed by atoms with Crippen molar-refractivity contribution in [3.63, 3.8) is 0 Å². The topological polar surface area (TPSA) is 118 Å². The summed E-state index contributed by atoms with van der Waals surface area (Å²) in [6.07, 6.45) is 2.80. The number of hydrogen-bond acceptors (Lipinski definition) is 8. The van der Waals surface area contributed by atoms with E-state index in [0.29, 0.717) is 49.9 Å². The predicted molar refractivity (Wildman–Crippen MR) is 118 cm³/mol. The molecule has 2 fully saturated rings. The number of anilines is 2. The van der Waals surface area contributed by atoms with Crippen LogP contribution in [0.1, 0.15) is 37.9 Å². The highest BCUT2D eigenvalue weighted by Gasteiger charge is 2.40. The Morgan fingerprint density at radius 1 is 1.22 bits per heavy atom. The second-order valence-electron chi connectivity index (χ2n) is 8.23. The Hall–Kier alpha value is -3.43. The number of nitrogens with one attached hydrogen (secondary N) is 1. The zero-order valence-corrected chi connectivity index (χ0v) is 18.2. The van der Waals surface area contributed by atoms with Gasteiger partial charge in [-0.25, -0.2) is 19.2 Å². The molecule has 0 radical (unpaired) electrons. The first-order valence-electron chi connectivity index (χ1n) is 10.7. The third-order valence-electron chi connectivity index (χ3n) is 5.72. The van der Waals surface area contributed by atoms with Crippen molar-refractivity contribution in [2.75, 3.05) is 43.4 Å². The second-order valence-corrected chi connectivity index (χ2v) is 8.23. The van der Waals surface area contributed by atoms with Gasteiger partial charge in [-0.15, -0.1) is 0 Å². The maximum absolute atomic E-state index is 14.4. The molecule has 0 unspecified atom stereocenters. The van der Waals surface area contributed by atoms with Crippen molar-refractivity contribution in [1.82, 2.24) is 14.9 Å². The summed E-state index contributed by atoms with van der Waals surface area (Å²) in [5, 5.41) is 8.63. The average Bonchev–Trinajstić information content (AvgIpc) is 3.52. The lowest BCUT2D eigenvalue weighted by molar-refractivity contribution is 0.105. The average molecular weight is 442 g/mol. The molecule has 1 aliphatic heterocycles. The molecule has 32 heavy (non-hydrogen) atoms. The van der Waals surface area contributed by atoms with Crippen LogP contribution in [-0.4, -0.2) is 65.1 Å². The molecule has 4 rings (SSSR count). The van der Waals surface area contributed by atoms with E-state index in [1.165, 1.54) is 18.5 Å². The van der Waals surface area contributed by atoms with Crippen LogP contribution in [0.15, 0.2) is 24.5 Å². The Kier molecular flexibility index (Phi) is 5.86. The number of nitrogens with zero attached hydrogens (tertiary/aromatic N) is 4. The van der Waals surface area contributed by atoms with E-state index in [2.05, 4.69) is 9.97 Å². The summed E-state index contributed by atoms with van der Waals surface area (Å²) in [7, 11) is 0. The van der Waals surface area contributed by atoms with Crippen LogP contribution in [0.2, 0.25) is 0 Å². The summed E-state index contributed by atoms with van der Waals surface area (Å²) in [5.74, 6) is 0.184. The minimum absolute atomic E-state index is 0.0575. The standard InChI is InChI=1S/C22H27FN6O3/c1-3-31-21(30)29-8-6-28(7-9-29)19-12-17(26-13-27-19)20(25)14-10-18(15(23)11-16(14)24)32-22(2)4-5-22/h10-13,25H,3-9,24H2,1-2H3. The highest BCUT2D eigenvalue weighted by atomic mass is 19.1. The monoisotopic (exact) mass is 442 g/mol. The lowest BCUT2D eigenvalue weighted by atomic mass is 10.0. The summed E-state index contributed by atoms with van der Waals surface area (Å²) < 4.78 is 25.2. The molecule has 1 saturated carbocycles. The van der Waals surface area contributed by atoms with Gasteiger partial charge in [-0.2, -0.15) is 0 Å². The van der Waals surface area contributed by atoms with Crippen LogP contribution < -0.4 is 15.4 Å². The highest BCUT2D eigenvalue weighted by Crippen LogP contribution is 2.41. The number of nitrogens with two attached hydrogens (primary N) is 1. The van der Waals surface area contributed by atoms with E-state index in [1.807, 2.05) is 11.8 Å². The lowest BCUT2D eigenvalue weighted by Gasteiger charge is -2.34. The molecule has 1 aromatic carbocycles. The van der Waals surface area contributed by atoms with Crippen LogP contribution in [0.3, 0.4) is 0 Å². The van der Waals surface area contributed by atoms with E-state index in [1.54, 1.807) is 17.9 Å². The molecule has 1 aromatic heterocycles. The Balaban J connectivity index is 1.51. The fourth-order valence-electron chi connectivity index (χ4n) is 3.53. The van der Waals surface area contributed by atoms with Gasteiger partial charge in [-0.3, -0.25) is 5.41 Å². The van der Waals surface area contributed by atoms with Gasteiger partial charge in [0.05, 0.1) is 18.0 Å². The molecule has 170 valence electrons. The quantitative estimate of drug-likeness (QED) is 0.522. The molecular formula is C22H27FN6O3. The second kappa shape index (κ2) is 8.60. The number of carbonyl (C=O) groups excluding carboxylic acids is 1. The number of piperazine rings is 1. The molecule has 2 aliphatic rings. The molecule has 2 aromatic rings. The summed E-state index contributed by atoms with van der Waals surface area (Å²) >= 11 is 0. The Morgan fingerprint density at radius 2 is 1.94 bits per heavy atom. The first-order valence-corrected chi connectivity index (χ1v) is 10.7. The van der Waals surface area contributed by atoms with Crippen molar-refractivity contribution < 1.29 is 18.7 Å². The summed E-state index contributed by atoms with van der Waals surface area (Å²) in [6, 6.07) is 4.35. The van der Waals surface area contributed by atoms with Crippen molar-refractivity contribution in [2.24, 2.45) is 0 Å². The van der Waals surface area contributed by atoms with Crippen LogP contribution in [0.5, 0.6) is 5.75 Å². The SMILES string of the molecule is CCOC(=O)N1CCN(c2cc(C(=N)c3cc(OC4(C)CC4)c(F)cc3N)ncn2)CC1. The van der Waals surface area contributed by atoms with E-state index in [4.69, 9.17) is 20.6 Å². The maximum atomic E-state index is 14.4. The number of benzene rings is 1. The molecular weight excluding hydrogens is 415 g/mol. The van der Waals surface area contributed by atoms with Crippen LogP contribution in [0.4, 0.5) is 20.7 Å². The van der Waals surface area contributed by atoms with Crippen LogP contribution >= 0.6 is 0 Å². The fourth-order valence-corrected chi connectivity index (χ4v) is 3.53. The van der Waals surface area contributed by atoms with E-state index in [0.717, 1.165) is 12.8 Å². The van der Waals surface area contributed by atoms with Gasteiger partial charge in [0, 0.05) is 49.6 Å². The summed E-state index contributed by atoms with van der Waals surface area (Å²) in [6.45, 7) is 6.23. The third-order valence-corrected chi connectivity index (χ3v) is 5.72. The van der Waals surface area contributed by atoms with Crippen LogP contribution in [0.25, 0.3) is 0 Å². The minimum Gasteiger partial charge on any atom is -0.484 e. The van der Waals surface area contributed by atoms with Gasteiger partial charge in [-0.1, -0.05) is 0 Å². The van der Waals surface area contributed by atoms with Gasteiger partial charge in [0.1, 0.15) is 17.7 Å². The molecule has 1 saturated heterocycles. The molecule has 1 aliphatic carbocycles. The van der Waals surface area contributed by atoms with E-state index < -0.39 is 5.82 Å². The van der Waals surface area contributed by atoms with Gasteiger partial charge >= 0.3 is 6.09 Å². The van der Waals surface area contributed by atoms with Gasteiger partial charge in [0.15, 0.2) is 11.6 Å². The number of rotatable bonds is 6. The smallest absolute Gasteiger partial charge is 0.409 e. The Bertz CT molecular complexity index is 1030. The van der Waals surface area contributed by atoms with Gasteiger partial charge in [0.25, 0.3) is 0 Å². The normalized spacial score (nSPS) is 17.1. The highest BCUT2D eigenvalue weighted by molar-refractivity contribution is 6.13. The Labute approximate surface area is 185 Å². The molecule has 1 amide bonds. The first kappa shape index (κ1) is 21.8. The number of halogens is 1. The van der Waals surface area contributed by atoms with E-state index in [-0.39, 0.29) is 28.8 Å². The molecule has 0 atom stereocenters. The van der Waals surface area contributed by atoms with Crippen LogP contribution in [0, 0.1) is 11.2 Å². The van der Waals surface area contributed by atoms with Crippen molar-refractivity contribution >= 4 is 23.3 Å². The molecule has 0 spiro atoms. The van der Waals surface area contributed by atoms with E-state index >= 15 is 0 Å². The number of amides is 1. The molecule has 2 heterocycles. The molecule has 0 bridgehead atoms. The van der Waals surface area contributed by atoms with Crippen LogP contribution in [-0.2, 0) is 4.74 Å². The first-order chi connectivity index (χ1) is 15.3. The van der Waals surface area contributed by atoms with Gasteiger partial charge < -0.3 is 25.0 Å². The Morgan fingerprint density at radius 3 is 2.59 bits per heavy atom. The summed E-state index contributed by atoms with van der Waals surface area (Å²) in [5.41, 5.74) is 6.58. The summed E-state index contributed by atoms with van der Waals surface area (Å²) in [4.78, 5) is 24.1. The van der Waals surface area contributed by atoms with Crippen molar-refractivity contribution in [3.8, 4) is 5.75 Å². The fraction of sp³-hybridized carbons (Fsp3) is 0.455. The number of hydrogen-bond donors (Lipinski definition) is 2. The molecule has 3 N–H and O–H groups in total. The van der Waals surface area contributed by atoms with E-state index in [9.17, 15) is 9.18 Å². The molecule has 9 nitrogen and oxygen atoms in total. The number of aromatic nitrogens is 2. The maximum Gasteiger partial charge on any atom is 0.409 e. The van der Waals surface area contributed by atoms with Crippen molar-refractivity contribution in [3.05, 3.63) is 41.6 Å². The van der Waals surface area contributed by atoms with Crippen molar-refractivity contribution in [2.45, 2.75) is 32.3 Å². The zero-order valence-electron chi connectivity index (χ0n) is 18.2. The minimum atomic E-state index is -0.546. The zero-order chi connectivity index (χ0) is 22.9. The lowest BCUT2D eigenvalue weighted by Crippen LogP contribution is -2.49. The van der Waals surface area contributed by atoms with Gasteiger partial charge in [-0.05, 0) is 32.8 Å². The van der Waals surface area contributed by atoms with Crippen molar-refractivity contribution in [1.29, 1.82) is 5.41 Å². The third kappa shape index (κ3) is 4.58.